The molecule has 190 valence electrons. The Kier molecular flexibility index (Phi) is 6.87. The maximum absolute atomic E-state index is 12.7. The monoisotopic (exact) mass is 519 g/mol. The minimum atomic E-state index is -0.543. The molecule has 0 atom stereocenters. The van der Waals surface area contributed by atoms with Crippen LogP contribution in [-0.4, -0.2) is 45.2 Å². The quantitative estimate of drug-likeness (QED) is 0.252. The number of carbonyl (C=O) groups excluding carboxylic acids is 1. The van der Waals surface area contributed by atoms with E-state index in [-0.39, 0.29) is 12.5 Å². The van der Waals surface area contributed by atoms with Crippen molar-refractivity contribution in [1.82, 2.24) is 25.0 Å². The summed E-state index contributed by atoms with van der Waals surface area (Å²) in [6, 6.07) is 9.32. The topological polar surface area (TPSA) is 114 Å². The van der Waals surface area contributed by atoms with Gasteiger partial charge in [-0.15, -0.1) is 21.5 Å². The van der Waals surface area contributed by atoms with Crippen LogP contribution >= 0.6 is 11.3 Å². The number of ether oxygens (including phenoxy) is 3. The van der Waals surface area contributed by atoms with Crippen LogP contribution in [0, 0.1) is 6.92 Å². The van der Waals surface area contributed by atoms with E-state index in [1.807, 2.05) is 24.3 Å². The Morgan fingerprint density at radius 3 is 2.73 bits per heavy atom. The Morgan fingerprint density at radius 2 is 1.97 bits per heavy atom. The minimum Gasteiger partial charge on any atom is -0.497 e. The van der Waals surface area contributed by atoms with Gasteiger partial charge in [0.15, 0.2) is 12.3 Å². The molecule has 1 aromatic carbocycles. The first-order valence-corrected chi connectivity index (χ1v) is 12.4. The van der Waals surface area contributed by atoms with Crippen molar-refractivity contribution in [3.8, 4) is 22.3 Å². The van der Waals surface area contributed by atoms with Gasteiger partial charge in [-0.2, -0.15) is 5.10 Å². The second-order valence-electron chi connectivity index (χ2n) is 8.26. The average molecular weight is 520 g/mol. The van der Waals surface area contributed by atoms with Crippen LogP contribution in [-0.2, 0) is 24.3 Å². The van der Waals surface area contributed by atoms with Gasteiger partial charge in [0.05, 0.1) is 37.4 Å². The molecule has 4 aromatic heterocycles. The molecule has 0 bridgehead atoms. The van der Waals surface area contributed by atoms with E-state index in [9.17, 15) is 4.79 Å². The largest absolute Gasteiger partial charge is 0.497 e. The summed E-state index contributed by atoms with van der Waals surface area (Å²) in [6.07, 6.45) is 4.07. The molecule has 0 aliphatic carbocycles. The van der Waals surface area contributed by atoms with Crippen molar-refractivity contribution >= 4 is 28.3 Å². The van der Waals surface area contributed by atoms with Gasteiger partial charge in [0, 0.05) is 28.1 Å². The zero-order valence-corrected chi connectivity index (χ0v) is 21.7. The Labute approximate surface area is 216 Å². The molecule has 11 heteroatoms. The lowest BCUT2D eigenvalue weighted by atomic mass is 10.2. The van der Waals surface area contributed by atoms with E-state index in [1.165, 1.54) is 16.6 Å². The lowest BCUT2D eigenvalue weighted by Crippen LogP contribution is -2.07. The van der Waals surface area contributed by atoms with Crippen LogP contribution in [0.15, 0.2) is 47.1 Å². The van der Waals surface area contributed by atoms with Crippen LogP contribution in [0.3, 0.4) is 0 Å². The summed E-state index contributed by atoms with van der Waals surface area (Å²) < 4.78 is 23.6. The molecule has 5 aromatic rings. The average Bonchev–Trinajstić information content (AvgIpc) is 3.65. The second-order valence-corrected chi connectivity index (χ2v) is 9.40. The van der Waals surface area contributed by atoms with E-state index in [2.05, 4.69) is 34.1 Å². The smallest absolute Gasteiger partial charge is 0.340 e. The van der Waals surface area contributed by atoms with Gasteiger partial charge in [0.1, 0.15) is 11.5 Å². The number of benzene rings is 1. The number of methoxy groups -OCH3 is 2. The molecule has 0 saturated heterocycles. The van der Waals surface area contributed by atoms with Gasteiger partial charge in [-0.05, 0) is 43.2 Å². The predicted molar refractivity (Wildman–Crippen MR) is 137 cm³/mol. The van der Waals surface area contributed by atoms with E-state index >= 15 is 0 Å². The summed E-state index contributed by atoms with van der Waals surface area (Å²) in [7, 11) is 3.21. The Morgan fingerprint density at radius 1 is 1.11 bits per heavy atom. The van der Waals surface area contributed by atoms with Gasteiger partial charge in [0.2, 0.25) is 0 Å². The third-order valence-corrected chi connectivity index (χ3v) is 7.24. The third-order valence-electron chi connectivity index (χ3n) is 5.87. The first-order chi connectivity index (χ1) is 18.0. The van der Waals surface area contributed by atoms with Gasteiger partial charge in [0.25, 0.3) is 11.8 Å². The highest BCUT2D eigenvalue weighted by atomic mass is 32.1. The molecule has 0 spiro atoms. The summed E-state index contributed by atoms with van der Waals surface area (Å²) in [5, 5.41) is 13.2. The van der Waals surface area contributed by atoms with Crippen molar-refractivity contribution in [3.63, 3.8) is 0 Å². The lowest BCUT2D eigenvalue weighted by molar-refractivity contribution is 0.0438. The van der Waals surface area contributed by atoms with E-state index in [4.69, 9.17) is 18.6 Å². The fourth-order valence-electron chi connectivity index (χ4n) is 3.94. The van der Waals surface area contributed by atoms with Gasteiger partial charge in [-0.3, -0.25) is 0 Å². The van der Waals surface area contributed by atoms with Crippen LogP contribution in [0.2, 0.25) is 0 Å². The van der Waals surface area contributed by atoms with Gasteiger partial charge in [-0.25, -0.2) is 14.5 Å². The fraction of sp³-hybridized carbons (Fsp3) is 0.269. The standard InChI is InChI=1S/C26H25N5O5S/c1-5-21-15(2)8-22(37-21)25-30-29-23(36-25)14-35-26(32)18-9-17-12-28-31(24(17)27-11-18)13-16-6-7-19(33-3)10-20(16)34-4/h6-12H,5,13-14H2,1-4H3. The second kappa shape index (κ2) is 10.4. The lowest BCUT2D eigenvalue weighted by Gasteiger charge is -2.11. The van der Waals surface area contributed by atoms with E-state index in [0.717, 1.165) is 16.9 Å². The summed E-state index contributed by atoms with van der Waals surface area (Å²) in [6.45, 7) is 4.47. The molecule has 4 heterocycles. The van der Waals surface area contributed by atoms with E-state index in [0.29, 0.717) is 40.5 Å². The first kappa shape index (κ1) is 24.4. The van der Waals surface area contributed by atoms with Crippen molar-refractivity contribution in [1.29, 1.82) is 0 Å². The normalized spacial score (nSPS) is 11.1. The summed E-state index contributed by atoms with van der Waals surface area (Å²) >= 11 is 1.62. The van der Waals surface area contributed by atoms with E-state index in [1.54, 1.807) is 42.5 Å². The van der Waals surface area contributed by atoms with Crippen LogP contribution in [0.4, 0.5) is 0 Å². The molecule has 0 aliphatic heterocycles. The molecule has 0 amide bonds. The molecule has 37 heavy (non-hydrogen) atoms. The third kappa shape index (κ3) is 5.03. The van der Waals surface area contributed by atoms with Crippen molar-refractivity contribution in [2.24, 2.45) is 0 Å². The van der Waals surface area contributed by atoms with Crippen LogP contribution < -0.4 is 9.47 Å². The van der Waals surface area contributed by atoms with Gasteiger partial charge >= 0.3 is 5.97 Å². The number of esters is 1. The highest BCUT2D eigenvalue weighted by Crippen LogP contribution is 2.31. The van der Waals surface area contributed by atoms with E-state index < -0.39 is 5.97 Å². The molecule has 0 N–H and O–H groups in total. The maximum atomic E-state index is 12.7. The Hall–Kier alpha value is -4.25. The molecule has 0 saturated carbocycles. The van der Waals surface area contributed by atoms with Crippen LogP contribution in [0.25, 0.3) is 21.8 Å². The molecule has 0 radical (unpaired) electrons. The molecular weight excluding hydrogens is 494 g/mol. The van der Waals surface area contributed by atoms with Crippen molar-refractivity contribution in [2.45, 2.75) is 33.4 Å². The molecular formula is C26H25N5O5S. The van der Waals surface area contributed by atoms with Gasteiger partial charge < -0.3 is 18.6 Å². The predicted octanol–water partition coefficient (Wildman–Crippen LogP) is 4.84. The van der Waals surface area contributed by atoms with Crippen LogP contribution in [0.1, 0.15) is 39.2 Å². The first-order valence-electron chi connectivity index (χ1n) is 11.6. The van der Waals surface area contributed by atoms with Crippen molar-refractivity contribution in [2.75, 3.05) is 14.2 Å². The number of pyridine rings is 1. The zero-order chi connectivity index (χ0) is 25.9. The number of rotatable bonds is 9. The van der Waals surface area contributed by atoms with Crippen LogP contribution in [0.5, 0.6) is 11.5 Å². The molecule has 0 unspecified atom stereocenters. The number of hydrogen-bond donors (Lipinski definition) is 0. The van der Waals surface area contributed by atoms with Gasteiger partial charge in [-0.1, -0.05) is 6.92 Å². The fourth-order valence-corrected chi connectivity index (χ4v) is 4.98. The summed E-state index contributed by atoms with van der Waals surface area (Å²) in [5.74, 6) is 1.49. The highest BCUT2D eigenvalue weighted by Gasteiger charge is 2.17. The van der Waals surface area contributed by atoms with Crippen molar-refractivity contribution in [3.05, 3.63) is 70.2 Å². The Bertz CT molecular complexity index is 1570. The number of thiophene rings is 1. The zero-order valence-electron chi connectivity index (χ0n) is 20.8. The SMILES string of the molecule is CCc1sc(-c2nnc(COC(=O)c3cnc4c(cnn4Cc4ccc(OC)cc4OC)c3)o2)cc1C. The number of fused-ring (bicyclic) bond motifs is 1. The minimum absolute atomic E-state index is 0.134. The number of hydrogen-bond acceptors (Lipinski definition) is 10. The Balaban J connectivity index is 1.26. The molecule has 10 nitrogen and oxygen atoms in total. The number of nitrogens with zero attached hydrogens (tertiary/aromatic N) is 5. The molecule has 0 aliphatic rings. The molecule has 0 fully saturated rings. The van der Waals surface area contributed by atoms with Crippen molar-refractivity contribution < 1.29 is 23.4 Å². The number of aryl methyl sites for hydroxylation is 2. The summed E-state index contributed by atoms with van der Waals surface area (Å²) in [5.41, 5.74) is 3.05. The number of aromatic nitrogens is 5. The summed E-state index contributed by atoms with van der Waals surface area (Å²) in [4.78, 5) is 19.3. The highest BCUT2D eigenvalue weighted by molar-refractivity contribution is 7.15. The molecule has 5 rings (SSSR count). The number of carbonyl (C=O) groups is 1. The maximum Gasteiger partial charge on any atom is 0.340 e.